The van der Waals surface area contributed by atoms with E-state index in [0.717, 1.165) is 58.8 Å². The fourth-order valence-corrected chi connectivity index (χ4v) is 6.76. The molecule has 0 aromatic heterocycles. The van der Waals surface area contributed by atoms with Gasteiger partial charge >= 0.3 is 11.9 Å². The topological polar surface area (TPSA) is 483 Å². The van der Waals surface area contributed by atoms with Gasteiger partial charge in [0.1, 0.15) is 42.3 Å². The second-order valence-electron chi connectivity index (χ2n) is 17.2. The lowest BCUT2D eigenvalue weighted by atomic mass is 10.1. The first-order chi connectivity index (χ1) is 34.8. The molecule has 74 heavy (non-hydrogen) atoms. The lowest BCUT2D eigenvalue weighted by Crippen LogP contribution is -2.62. The van der Waals surface area contributed by atoms with Gasteiger partial charge in [-0.05, 0) is 38.5 Å². The molecule has 0 heterocycles. The molecule has 10 amide bonds. The summed E-state index contributed by atoms with van der Waals surface area (Å²) in [6, 6.07) is -13.3. The van der Waals surface area contributed by atoms with Crippen LogP contribution < -0.4 is 43.0 Å². The van der Waals surface area contributed by atoms with Crippen LogP contribution in [-0.4, -0.2) is 203 Å². The van der Waals surface area contributed by atoms with Gasteiger partial charge in [-0.1, -0.05) is 58.3 Å². The number of amides is 10. The molecule has 0 saturated carbocycles. The van der Waals surface area contributed by atoms with Crippen molar-refractivity contribution in [3.05, 3.63) is 0 Å². The van der Waals surface area contributed by atoms with Gasteiger partial charge in [0.25, 0.3) is 0 Å². The number of rotatable bonds is 40. The zero-order chi connectivity index (χ0) is 56.5. The summed E-state index contributed by atoms with van der Waals surface area (Å²) in [6.45, 7) is -0.166. The number of carbonyl (C=O) groups is 12. The molecule has 0 aliphatic carbocycles. The summed E-state index contributed by atoms with van der Waals surface area (Å²) in [5, 5.41) is 94.1. The van der Waals surface area contributed by atoms with E-state index in [4.69, 9.17) is 5.73 Å². The fraction of sp³-hybridized carbons (Fsp3) is 0.727. The molecule has 422 valence electrons. The van der Waals surface area contributed by atoms with Crippen LogP contribution in [0, 0.1) is 0 Å². The van der Waals surface area contributed by atoms with E-state index in [1.54, 1.807) is 0 Å². The summed E-state index contributed by atoms with van der Waals surface area (Å²) in [5.41, 5.74) is 5.26. The van der Waals surface area contributed by atoms with E-state index < -0.39 is 165 Å². The van der Waals surface area contributed by atoms with Crippen LogP contribution in [0.4, 0.5) is 0 Å². The molecule has 0 aromatic rings. The molecule has 0 rings (SSSR count). The molecule has 30 nitrogen and oxygen atoms in total. The second-order valence-corrected chi connectivity index (χ2v) is 17.2. The lowest BCUT2D eigenvalue weighted by molar-refractivity contribution is -0.163. The number of hydroxylamine groups is 4. The Hall–Kier alpha value is -6.60. The molecule has 8 atom stereocenters. The van der Waals surface area contributed by atoms with Crippen LogP contribution in [0.2, 0.25) is 0 Å². The number of aliphatic hydroxyl groups excluding tert-OH is 4. The third kappa shape index (κ3) is 27.5. The number of carbonyl (C=O) groups excluding carboxylic acids is 10. The van der Waals surface area contributed by atoms with Gasteiger partial charge in [0, 0.05) is 39.8 Å². The lowest BCUT2D eigenvalue weighted by Gasteiger charge is -2.27. The summed E-state index contributed by atoms with van der Waals surface area (Å²) >= 11 is 0. The SMILES string of the molecule is CCCCCCCCCCCC(=O)N[C@H](C(=O)N[C@@H](CO)C(=O)N[C@@H](CO)C(=O)N[C@@H](CCC(N)=O)C(=O)N[C@H](CCCN(O)C(C)=O)C(=O)N[C@H](CO)C(=O)N[C@H](CCCN(O)C(C)=O)C(=O)O)[C@@H](O)C(=O)O. The molecule has 30 heteroatoms. The number of unbranched alkanes of at least 4 members (excludes halogenated alkanes) is 8. The second kappa shape index (κ2) is 37.2. The number of primary amides is 1. The van der Waals surface area contributed by atoms with E-state index in [1.165, 1.54) is 0 Å². The highest BCUT2D eigenvalue weighted by atomic mass is 16.5. The van der Waals surface area contributed by atoms with Crippen LogP contribution in [0.25, 0.3) is 0 Å². The van der Waals surface area contributed by atoms with Gasteiger partial charge in [-0.25, -0.2) is 19.7 Å². The van der Waals surface area contributed by atoms with Crippen LogP contribution in [0.15, 0.2) is 0 Å². The average Bonchev–Trinajstić information content (AvgIpc) is 3.34. The minimum Gasteiger partial charge on any atom is -0.480 e. The third-order valence-corrected chi connectivity index (χ3v) is 11.1. The molecule has 0 aliphatic heterocycles. The maximum Gasteiger partial charge on any atom is 0.335 e. The number of hydrogen-bond donors (Lipinski definition) is 16. The molecular weight excluding hydrogens is 989 g/mol. The normalized spacial score (nSPS) is 14.2. The molecule has 0 aromatic carbocycles. The zero-order valence-corrected chi connectivity index (χ0v) is 41.9. The minimum atomic E-state index is -2.52. The summed E-state index contributed by atoms with van der Waals surface area (Å²) in [6.07, 6.45) is 3.28. The molecule has 0 fully saturated rings. The maximum atomic E-state index is 13.8. The van der Waals surface area contributed by atoms with Gasteiger partial charge in [0.05, 0.1) is 19.8 Å². The summed E-state index contributed by atoms with van der Waals surface area (Å²) < 4.78 is 0. The van der Waals surface area contributed by atoms with E-state index in [2.05, 4.69) is 33.5 Å². The molecule has 0 bridgehead atoms. The number of nitrogens with one attached hydrogen (secondary N) is 7. The molecular formula is C44H76N10O20. The average molecular weight is 1070 g/mol. The predicted octanol–water partition coefficient (Wildman–Crippen LogP) is -4.89. The number of nitrogens with zero attached hydrogens (tertiary/aromatic N) is 2. The van der Waals surface area contributed by atoms with Crippen molar-refractivity contribution in [2.45, 2.75) is 172 Å². The number of carboxylic acids is 2. The van der Waals surface area contributed by atoms with Gasteiger partial charge in [0.2, 0.25) is 59.1 Å². The van der Waals surface area contributed by atoms with Crippen molar-refractivity contribution in [1.29, 1.82) is 0 Å². The van der Waals surface area contributed by atoms with Crippen molar-refractivity contribution in [3.63, 3.8) is 0 Å². The van der Waals surface area contributed by atoms with Gasteiger partial charge in [-0.3, -0.25) is 58.4 Å². The van der Waals surface area contributed by atoms with Crippen LogP contribution in [0.3, 0.4) is 0 Å². The number of nitrogens with two attached hydrogens (primary N) is 1. The highest BCUT2D eigenvalue weighted by Gasteiger charge is 2.37. The highest BCUT2D eigenvalue weighted by Crippen LogP contribution is 2.12. The Balaban J connectivity index is 6.22. The number of aliphatic hydroxyl groups is 4. The van der Waals surface area contributed by atoms with Gasteiger partial charge in [0.15, 0.2) is 6.10 Å². The van der Waals surface area contributed by atoms with Crippen molar-refractivity contribution >= 4 is 71.0 Å². The Labute approximate surface area is 426 Å². The van der Waals surface area contributed by atoms with Crippen LogP contribution in [-0.2, 0) is 57.5 Å². The van der Waals surface area contributed by atoms with Crippen LogP contribution in [0.1, 0.15) is 124 Å². The summed E-state index contributed by atoms with van der Waals surface area (Å²) in [4.78, 5) is 151. The highest BCUT2D eigenvalue weighted by molar-refractivity contribution is 5.98. The number of aliphatic carboxylic acids is 2. The standard InChI is InChI=1S/C44H76N10O20/c1-4-5-6-7-8-9-10-11-12-17-34(61)52-35(36(62)44(71)72)42(68)51-32(24-57)41(67)50-30(22-55)39(65)47-28(18-19-33(45)60)38(64)46-27(15-13-20-53(73)25(2)58)37(63)49-31(23-56)40(66)48-29(43(69)70)16-14-21-54(74)26(3)59/h27-32,35-36,55-57,62,73-74H,4-24H2,1-3H3,(H2,45,60)(H,46,64)(H,47,65)(H,48,66)(H,49,63)(H,50,67)(H,51,68)(H,52,61)(H,69,70)(H,71,72)/t27-,28+,29-,30+,31-,32+,35+,36-/m1/s1. The Morgan fingerprint density at radius 3 is 1.18 bits per heavy atom. The minimum absolute atomic E-state index is 0.121. The Bertz CT molecular complexity index is 1880. The van der Waals surface area contributed by atoms with Crippen molar-refractivity contribution in [2.75, 3.05) is 32.9 Å². The molecule has 0 aliphatic rings. The van der Waals surface area contributed by atoms with Crippen LogP contribution in [0.5, 0.6) is 0 Å². The largest absolute Gasteiger partial charge is 0.480 e. The molecule has 17 N–H and O–H groups in total. The van der Waals surface area contributed by atoms with Crippen molar-refractivity contribution < 1.29 is 98.6 Å². The Morgan fingerprint density at radius 1 is 0.446 bits per heavy atom. The first-order valence-corrected chi connectivity index (χ1v) is 24.1. The maximum absolute atomic E-state index is 13.8. The zero-order valence-electron chi connectivity index (χ0n) is 41.9. The van der Waals surface area contributed by atoms with Gasteiger partial charge in [-0.2, -0.15) is 0 Å². The first kappa shape index (κ1) is 67.4. The van der Waals surface area contributed by atoms with Crippen molar-refractivity contribution in [3.8, 4) is 0 Å². The molecule has 0 spiro atoms. The van der Waals surface area contributed by atoms with Gasteiger partial charge < -0.3 is 73.6 Å². The van der Waals surface area contributed by atoms with E-state index in [9.17, 15) is 98.6 Å². The predicted molar refractivity (Wildman–Crippen MR) is 253 cm³/mol. The number of hydrogen-bond acceptors (Lipinski definition) is 18. The van der Waals surface area contributed by atoms with Gasteiger partial charge in [-0.15, -0.1) is 0 Å². The quantitative estimate of drug-likeness (QED) is 0.0155. The van der Waals surface area contributed by atoms with E-state index in [-0.39, 0.29) is 37.3 Å². The fourth-order valence-electron chi connectivity index (χ4n) is 6.76. The van der Waals surface area contributed by atoms with E-state index in [1.807, 2.05) is 10.6 Å². The summed E-state index contributed by atoms with van der Waals surface area (Å²) in [5.74, 6) is -14.7. The number of carboxylic acid groups (broad SMARTS) is 2. The third-order valence-electron chi connectivity index (χ3n) is 11.1. The van der Waals surface area contributed by atoms with Crippen molar-refractivity contribution in [2.24, 2.45) is 5.73 Å². The Morgan fingerprint density at radius 2 is 0.797 bits per heavy atom. The summed E-state index contributed by atoms with van der Waals surface area (Å²) in [7, 11) is 0. The monoisotopic (exact) mass is 1060 g/mol. The van der Waals surface area contributed by atoms with E-state index >= 15 is 0 Å². The van der Waals surface area contributed by atoms with Crippen LogP contribution >= 0.6 is 0 Å². The Kier molecular flexibility index (Phi) is 33.9. The molecule has 0 radical (unpaired) electrons. The van der Waals surface area contributed by atoms with Crippen molar-refractivity contribution in [1.82, 2.24) is 47.3 Å². The molecule has 0 saturated heterocycles. The molecule has 0 unspecified atom stereocenters. The first-order valence-electron chi connectivity index (χ1n) is 24.1. The smallest absolute Gasteiger partial charge is 0.335 e. The van der Waals surface area contributed by atoms with E-state index in [0.29, 0.717) is 17.9 Å².